The zero-order valence-corrected chi connectivity index (χ0v) is 11.9. The van der Waals surface area contributed by atoms with E-state index in [-0.39, 0.29) is 11.8 Å². The van der Waals surface area contributed by atoms with Crippen molar-refractivity contribution in [1.29, 1.82) is 0 Å². The van der Waals surface area contributed by atoms with Gasteiger partial charge < -0.3 is 10.4 Å². The van der Waals surface area contributed by atoms with Crippen molar-refractivity contribution in [3.05, 3.63) is 30.1 Å². The van der Waals surface area contributed by atoms with Crippen LogP contribution in [0.15, 0.2) is 24.5 Å². The van der Waals surface area contributed by atoms with Gasteiger partial charge in [-0.3, -0.25) is 9.78 Å². The van der Waals surface area contributed by atoms with Gasteiger partial charge in [-0.2, -0.15) is 0 Å². The molecule has 1 aromatic heterocycles. The number of carboxylic acid groups (broad SMARTS) is 1. The van der Waals surface area contributed by atoms with Crippen LogP contribution in [0.1, 0.15) is 38.7 Å². The lowest BCUT2D eigenvalue weighted by molar-refractivity contribution is -0.137. The summed E-state index contributed by atoms with van der Waals surface area (Å²) < 4.78 is 0. The topological polar surface area (TPSA) is 62.2 Å². The highest BCUT2D eigenvalue weighted by molar-refractivity contribution is 5.66. The fraction of sp³-hybridized carbons (Fsp3) is 0.600. The van der Waals surface area contributed by atoms with Gasteiger partial charge in [0.2, 0.25) is 0 Å². The molecule has 4 nitrogen and oxygen atoms in total. The van der Waals surface area contributed by atoms with Crippen LogP contribution in [0.5, 0.6) is 0 Å². The second-order valence-corrected chi connectivity index (χ2v) is 5.67. The van der Waals surface area contributed by atoms with Crippen LogP contribution in [0, 0.1) is 5.41 Å². The molecule has 0 saturated heterocycles. The largest absolute Gasteiger partial charge is 0.481 e. The average Bonchev–Trinajstić information content (AvgIpc) is 2.37. The number of pyridine rings is 1. The summed E-state index contributed by atoms with van der Waals surface area (Å²) in [6.45, 7) is 6.10. The molecule has 1 rings (SSSR count). The van der Waals surface area contributed by atoms with Crippen molar-refractivity contribution in [2.24, 2.45) is 5.41 Å². The van der Waals surface area contributed by atoms with Crippen molar-refractivity contribution >= 4 is 5.97 Å². The number of nitrogens with one attached hydrogen (secondary N) is 1. The Hall–Kier alpha value is -1.42. The molecule has 0 amide bonds. The predicted molar refractivity (Wildman–Crippen MR) is 76.1 cm³/mol. The van der Waals surface area contributed by atoms with Gasteiger partial charge in [0, 0.05) is 18.8 Å². The lowest BCUT2D eigenvalue weighted by Gasteiger charge is -2.23. The molecule has 0 unspecified atom stereocenters. The Morgan fingerprint density at radius 2 is 2.16 bits per heavy atom. The molecule has 0 radical (unpaired) electrons. The van der Waals surface area contributed by atoms with Gasteiger partial charge in [-0.05, 0) is 49.4 Å². The van der Waals surface area contributed by atoms with Crippen molar-refractivity contribution < 1.29 is 9.90 Å². The number of carboxylic acids is 1. The fourth-order valence-corrected chi connectivity index (χ4v) is 1.90. The molecule has 4 heteroatoms. The molecule has 19 heavy (non-hydrogen) atoms. The molecular weight excluding hydrogens is 240 g/mol. The Bertz CT molecular complexity index is 377. The number of aromatic nitrogens is 1. The Kier molecular flexibility index (Phi) is 6.50. The molecule has 0 aliphatic carbocycles. The maximum atomic E-state index is 10.6. The van der Waals surface area contributed by atoms with Crippen LogP contribution in [0.4, 0.5) is 0 Å². The summed E-state index contributed by atoms with van der Waals surface area (Å²) in [7, 11) is 0. The van der Waals surface area contributed by atoms with E-state index in [1.54, 1.807) is 6.20 Å². The van der Waals surface area contributed by atoms with Gasteiger partial charge in [0.05, 0.1) is 0 Å². The van der Waals surface area contributed by atoms with Gasteiger partial charge in [0.15, 0.2) is 0 Å². The average molecular weight is 264 g/mol. The van der Waals surface area contributed by atoms with Crippen LogP contribution in [0.3, 0.4) is 0 Å². The molecule has 0 bridgehead atoms. The lowest BCUT2D eigenvalue weighted by atomic mass is 9.84. The number of carbonyl (C=O) groups is 1. The minimum atomic E-state index is -0.711. The summed E-state index contributed by atoms with van der Waals surface area (Å²) in [6.07, 6.45) is 6.62. The first-order chi connectivity index (χ1) is 8.99. The van der Waals surface area contributed by atoms with Gasteiger partial charge in [0.1, 0.15) is 0 Å². The number of hydrogen-bond donors (Lipinski definition) is 2. The van der Waals surface area contributed by atoms with Gasteiger partial charge in [-0.25, -0.2) is 0 Å². The summed E-state index contributed by atoms with van der Waals surface area (Å²) in [5.74, 6) is -0.711. The second-order valence-electron chi connectivity index (χ2n) is 5.67. The summed E-state index contributed by atoms with van der Waals surface area (Å²) in [6, 6.07) is 4.02. The third-order valence-corrected chi connectivity index (χ3v) is 3.31. The first kappa shape index (κ1) is 15.6. The molecule has 0 saturated carbocycles. The zero-order chi connectivity index (χ0) is 14.1. The molecule has 0 aromatic carbocycles. The summed E-state index contributed by atoms with van der Waals surface area (Å²) in [5, 5.41) is 12.1. The lowest BCUT2D eigenvalue weighted by Crippen LogP contribution is -2.24. The van der Waals surface area contributed by atoms with E-state index in [2.05, 4.69) is 30.2 Å². The highest BCUT2D eigenvalue weighted by Gasteiger charge is 2.18. The minimum Gasteiger partial charge on any atom is -0.481 e. The molecule has 0 atom stereocenters. The quantitative estimate of drug-likeness (QED) is 0.673. The summed E-state index contributed by atoms with van der Waals surface area (Å²) in [4.78, 5) is 14.6. The third kappa shape index (κ3) is 7.57. The van der Waals surface area contributed by atoms with Crippen molar-refractivity contribution in [2.75, 3.05) is 13.1 Å². The molecule has 0 spiro atoms. The Labute approximate surface area is 115 Å². The molecule has 0 fully saturated rings. The van der Waals surface area contributed by atoms with Crippen LogP contribution in [-0.2, 0) is 11.2 Å². The number of nitrogens with zero attached hydrogens (tertiary/aromatic N) is 1. The van der Waals surface area contributed by atoms with Crippen molar-refractivity contribution in [2.45, 2.75) is 39.5 Å². The maximum Gasteiger partial charge on any atom is 0.303 e. The van der Waals surface area contributed by atoms with Crippen LogP contribution in [-0.4, -0.2) is 29.1 Å². The summed E-state index contributed by atoms with van der Waals surface area (Å²) in [5.41, 5.74) is 1.32. The highest BCUT2D eigenvalue weighted by atomic mass is 16.4. The standard InChI is InChI=1S/C15H24N2O2/c1-15(2,7-5-14(18)19)8-11-16-10-6-13-4-3-9-17-12-13/h3-4,9,12,16H,5-8,10-11H2,1-2H3,(H,18,19). The maximum absolute atomic E-state index is 10.6. The van der Waals surface area contributed by atoms with Crippen LogP contribution in [0.2, 0.25) is 0 Å². The minimum absolute atomic E-state index is 0.0830. The third-order valence-electron chi connectivity index (χ3n) is 3.31. The molecule has 106 valence electrons. The van der Waals surface area contributed by atoms with Crippen molar-refractivity contribution in [1.82, 2.24) is 10.3 Å². The van der Waals surface area contributed by atoms with Crippen LogP contribution in [0.25, 0.3) is 0 Å². The molecule has 0 aliphatic heterocycles. The Balaban J connectivity index is 2.11. The van der Waals surface area contributed by atoms with E-state index in [0.717, 1.165) is 32.4 Å². The van der Waals surface area contributed by atoms with Crippen LogP contribution >= 0.6 is 0 Å². The van der Waals surface area contributed by atoms with E-state index < -0.39 is 5.97 Å². The van der Waals surface area contributed by atoms with E-state index in [1.807, 2.05) is 12.3 Å². The SMILES string of the molecule is CC(C)(CCNCCc1cccnc1)CCC(=O)O. The summed E-state index contributed by atoms with van der Waals surface area (Å²) >= 11 is 0. The Morgan fingerprint density at radius 1 is 1.37 bits per heavy atom. The van der Waals surface area contributed by atoms with Crippen molar-refractivity contribution in [3.63, 3.8) is 0 Å². The predicted octanol–water partition coefficient (Wildman–Crippen LogP) is 2.49. The smallest absolute Gasteiger partial charge is 0.303 e. The van der Waals surface area contributed by atoms with E-state index >= 15 is 0 Å². The first-order valence-corrected chi connectivity index (χ1v) is 6.81. The molecule has 1 heterocycles. The zero-order valence-electron chi connectivity index (χ0n) is 11.9. The fourth-order valence-electron chi connectivity index (χ4n) is 1.90. The number of rotatable bonds is 9. The van der Waals surface area contributed by atoms with Gasteiger partial charge in [-0.1, -0.05) is 19.9 Å². The molecule has 2 N–H and O–H groups in total. The molecular formula is C15H24N2O2. The van der Waals surface area contributed by atoms with E-state index in [1.165, 1.54) is 5.56 Å². The second kappa shape index (κ2) is 7.89. The van der Waals surface area contributed by atoms with E-state index in [9.17, 15) is 4.79 Å². The van der Waals surface area contributed by atoms with E-state index in [0.29, 0.717) is 0 Å². The van der Waals surface area contributed by atoms with Crippen molar-refractivity contribution in [3.8, 4) is 0 Å². The number of aliphatic carboxylic acids is 1. The van der Waals surface area contributed by atoms with Crippen LogP contribution < -0.4 is 5.32 Å². The molecule has 0 aliphatic rings. The number of hydrogen-bond acceptors (Lipinski definition) is 3. The van der Waals surface area contributed by atoms with Gasteiger partial charge >= 0.3 is 5.97 Å². The first-order valence-electron chi connectivity index (χ1n) is 6.81. The van der Waals surface area contributed by atoms with E-state index in [4.69, 9.17) is 5.11 Å². The normalized spacial score (nSPS) is 11.5. The van der Waals surface area contributed by atoms with Gasteiger partial charge in [-0.15, -0.1) is 0 Å². The Morgan fingerprint density at radius 3 is 2.79 bits per heavy atom. The molecule has 1 aromatic rings. The highest BCUT2D eigenvalue weighted by Crippen LogP contribution is 2.25. The monoisotopic (exact) mass is 264 g/mol. The van der Waals surface area contributed by atoms with Gasteiger partial charge in [0.25, 0.3) is 0 Å².